The second kappa shape index (κ2) is 3.90. The number of nitrogens with zero attached hydrogens (tertiary/aromatic N) is 1. The molecule has 0 bridgehead atoms. The Labute approximate surface area is 94.2 Å². The van der Waals surface area contributed by atoms with Crippen LogP contribution in [-0.4, -0.2) is 10.0 Å². The zero-order valence-electron chi connectivity index (χ0n) is 6.87. The SMILES string of the molecule is O=C=NC1c2ccsc2CCC1I. The molecule has 2 rings (SSSR count). The molecule has 2 nitrogen and oxygen atoms in total. The molecule has 13 heavy (non-hydrogen) atoms. The lowest BCUT2D eigenvalue weighted by molar-refractivity contribution is 0.549. The van der Waals surface area contributed by atoms with E-state index in [4.69, 9.17) is 0 Å². The molecule has 1 aliphatic rings. The number of hydrogen-bond donors (Lipinski definition) is 0. The predicted octanol–water partition coefficient (Wildman–Crippen LogP) is 2.87. The van der Waals surface area contributed by atoms with Gasteiger partial charge in [0.25, 0.3) is 0 Å². The van der Waals surface area contributed by atoms with Crippen LogP contribution in [0.25, 0.3) is 0 Å². The van der Waals surface area contributed by atoms with Crippen molar-refractivity contribution in [1.82, 2.24) is 0 Å². The van der Waals surface area contributed by atoms with E-state index in [2.05, 4.69) is 39.0 Å². The Morgan fingerprint density at radius 1 is 1.69 bits per heavy atom. The molecule has 0 saturated carbocycles. The molecule has 4 heteroatoms. The molecule has 2 atom stereocenters. The van der Waals surface area contributed by atoms with Gasteiger partial charge < -0.3 is 0 Å². The third-order valence-corrected chi connectivity index (χ3v) is 4.58. The summed E-state index contributed by atoms with van der Waals surface area (Å²) < 4.78 is 0.446. The Bertz CT molecular complexity index is 356. The van der Waals surface area contributed by atoms with Crippen LogP contribution in [0.4, 0.5) is 0 Å². The van der Waals surface area contributed by atoms with Gasteiger partial charge in [-0.05, 0) is 29.9 Å². The van der Waals surface area contributed by atoms with E-state index >= 15 is 0 Å². The van der Waals surface area contributed by atoms with E-state index < -0.39 is 0 Å². The topological polar surface area (TPSA) is 29.4 Å². The molecule has 68 valence electrons. The Hall–Kier alpha value is -0.190. The highest BCUT2D eigenvalue weighted by atomic mass is 127. The van der Waals surface area contributed by atoms with Crippen LogP contribution < -0.4 is 0 Å². The molecule has 1 heterocycles. The Morgan fingerprint density at radius 3 is 3.31 bits per heavy atom. The third kappa shape index (κ3) is 1.71. The molecule has 0 aliphatic heterocycles. The molecule has 0 spiro atoms. The van der Waals surface area contributed by atoms with Crippen LogP contribution in [0, 0.1) is 0 Å². The summed E-state index contributed by atoms with van der Waals surface area (Å²) in [5.41, 5.74) is 1.24. The largest absolute Gasteiger partial charge is 0.235 e. The fourth-order valence-corrected chi connectivity index (χ4v) is 3.45. The maximum absolute atomic E-state index is 10.3. The summed E-state index contributed by atoms with van der Waals surface area (Å²) in [6.45, 7) is 0. The standard InChI is InChI=1S/C9H8INOS/c10-7-1-2-8-6(3-4-13-8)9(7)11-5-12/h3-4,7,9H,1-2H2. The van der Waals surface area contributed by atoms with Crippen LogP contribution in [0.15, 0.2) is 16.4 Å². The molecule has 0 saturated heterocycles. The predicted molar refractivity (Wildman–Crippen MR) is 61.3 cm³/mol. The number of rotatable bonds is 1. The molecule has 1 aromatic rings. The van der Waals surface area contributed by atoms with Gasteiger partial charge in [-0.15, -0.1) is 11.3 Å². The van der Waals surface area contributed by atoms with Crippen molar-refractivity contribution in [3.05, 3.63) is 21.9 Å². The minimum atomic E-state index is 0.0492. The summed E-state index contributed by atoms with van der Waals surface area (Å²) in [6, 6.07) is 2.13. The highest BCUT2D eigenvalue weighted by molar-refractivity contribution is 14.1. The van der Waals surface area contributed by atoms with Crippen molar-refractivity contribution in [3.63, 3.8) is 0 Å². The number of aryl methyl sites for hydroxylation is 1. The monoisotopic (exact) mass is 305 g/mol. The first-order valence-electron chi connectivity index (χ1n) is 4.10. The van der Waals surface area contributed by atoms with Gasteiger partial charge in [0.2, 0.25) is 6.08 Å². The van der Waals surface area contributed by atoms with Gasteiger partial charge in [0.15, 0.2) is 0 Å². The molecule has 1 aliphatic carbocycles. The van der Waals surface area contributed by atoms with Crippen LogP contribution in [0.3, 0.4) is 0 Å². The van der Waals surface area contributed by atoms with E-state index in [1.54, 1.807) is 17.4 Å². The smallest absolute Gasteiger partial charge is 0.211 e. The highest BCUT2D eigenvalue weighted by Gasteiger charge is 2.28. The number of thiophene rings is 1. The first-order chi connectivity index (χ1) is 6.33. The van der Waals surface area contributed by atoms with Crippen molar-refractivity contribution >= 4 is 40.0 Å². The lowest BCUT2D eigenvalue weighted by Gasteiger charge is -2.23. The van der Waals surface area contributed by atoms with Crippen molar-refractivity contribution in [1.29, 1.82) is 0 Å². The summed E-state index contributed by atoms with van der Waals surface area (Å²) in [5.74, 6) is 0. The molecule has 0 fully saturated rings. The normalized spacial score (nSPS) is 26.2. The van der Waals surface area contributed by atoms with Crippen LogP contribution >= 0.6 is 33.9 Å². The number of alkyl halides is 1. The second-order valence-corrected chi connectivity index (χ2v) is 5.62. The summed E-state index contributed by atoms with van der Waals surface area (Å²) in [7, 11) is 0. The van der Waals surface area contributed by atoms with Crippen molar-refractivity contribution in [2.75, 3.05) is 0 Å². The highest BCUT2D eigenvalue weighted by Crippen LogP contribution is 2.39. The van der Waals surface area contributed by atoms with Gasteiger partial charge in [-0.2, -0.15) is 4.99 Å². The van der Waals surface area contributed by atoms with Gasteiger partial charge >= 0.3 is 0 Å². The molecular formula is C9H8INOS. The second-order valence-electron chi connectivity index (χ2n) is 3.02. The quantitative estimate of drug-likeness (QED) is 0.339. The van der Waals surface area contributed by atoms with Gasteiger partial charge in [0, 0.05) is 8.80 Å². The fraction of sp³-hybridized carbons (Fsp3) is 0.444. The van der Waals surface area contributed by atoms with Crippen LogP contribution in [0.2, 0.25) is 0 Å². The van der Waals surface area contributed by atoms with Crippen molar-refractivity contribution in [3.8, 4) is 0 Å². The van der Waals surface area contributed by atoms with Gasteiger partial charge in [-0.1, -0.05) is 22.6 Å². The fourth-order valence-electron chi connectivity index (χ4n) is 1.65. The zero-order chi connectivity index (χ0) is 9.26. The Balaban J connectivity index is 2.41. The van der Waals surface area contributed by atoms with E-state index in [0.717, 1.165) is 12.8 Å². The minimum Gasteiger partial charge on any atom is -0.211 e. The first kappa shape index (κ1) is 9.37. The zero-order valence-corrected chi connectivity index (χ0v) is 9.84. The van der Waals surface area contributed by atoms with Crippen LogP contribution in [-0.2, 0) is 11.2 Å². The third-order valence-electron chi connectivity index (χ3n) is 2.28. The summed E-state index contributed by atoms with van der Waals surface area (Å²) in [6.07, 6.45) is 3.92. The number of aliphatic imine (C=N–C) groups is 1. The van der Waals surface area contributed by atoms with E-state index in [1.807, 2.05) is 0 Å². The minimum absolute atomic E-state index is 0.0492. The molecular weight excluding hydrogens is 297 g/mol. The van der Waals surface area contributed by atoms with Crippen molar-refractivity contribution in [2.24, 2.45) is 4.99 Å². The van der Waals surface area contributed by atoms with E-state index in [1.165, 1.54) is 10.4 Å². The first-order valence-corrected chi connectivity index (χ1v) is 6.23. The Morgan fingerprint density at radius 2 is 2.54 bits per heavy atom. The number of carbonyl (C=O) groups excluding carboxylic acids is 1. The molecule has 0 radical (unpaired) electrons. The van der Waals surface area contributed by atoms with E-state index in [0.29, 0.717) is 3.92 Å². The van der Waals surface area contributed by atoms with Crippen LogP contribution in [0.5, 0.6) is 0 Å². The summed E-state index contributed by atoms with van der Waals surface area (Å²) >= 11 is 4.13. The van der Waals surface area contributed by atoms with Gasteiger partial charge in [-0.3, -0.25) is 0 Å². The van der Waals surface area contributed by atoms with E-state index in [9.17, 15) is 4.79 Å². The average molecular weight is 305 g/mol. The number of fused-ring (bicyclic) bond motifs is 1. The lowest BCUT2D eigenvalue weighted by Crippen LogP contribution is -2.17. The van der Waals surface area contributed by atoms with Gasteiger partial charge in [-0.25, -0.2) is 4.79 Å². The molecule has 0 N–H and O–H groups in total. The van der Waals surface area contributed by atoms with E-state index in [-0.39, 0.29) is 6.04 Å². The molecule has 0 aromatic carbocycles. The van der Waals surface area contributed by atoms with Crippen molar-refractivity contribution < 1.29 is 4.79 Å². The number of isocyanates is 1. The molecule has 0 amide bonds. The van der Waals surface area contributed by atoms with Gasteiger partial charge in [0.1, 0.15) is 6.04 Å². The molecule has 2 unspecified atom stereocenters. The average Bonchev–Trinajstić information content (AvgIpc) is 2.58. The van der Waals surface area contributed by atoms with Crippen LogP contribution in [0.1, 0.15) is 22.9 Å². The lowest BCUT2D eigenvalue weighted by atomic mass is 9.95. The Kier molecular flexibility index (Phi) is 2.81. The summed E-state index contributed by atoms with van der Waals surface area (Å²) in [5, 5.41) is 2.08. The maximum atomic E-state index is 10.3. The van der Waals surface area contributed by atoms with Crippen molar-refractivity contribution in [2.45, 2.75) is 22.8 Å². The number of hydrogen-bond acceptors (Lipinski definition) is 3. The maximum Gasteiger partial charge on any atom is 0.235 e. The summed E-state index contributed by atoms with van der Waals surface area (Å²) in [4.78, 5) is 15.5. The van der Waals surface area contributed by atoms with Gasteiger partial charge in [0.05, 0.1) is 0 Å². The molecule has 1 aromatic heterocycles. The number of halogens is 1.